The minimum Gasteiger partial charge on any atom is -0.493 e. The number of amides is 1. The van der Waals surface area contributed by atoms with Gasteiger partial charge in [0, 0.05) is 6.42 Å². The molecule has 1 aromatic carbocycles. The molecule has 5 heteroatoms. The molecule has 0 aliphatic heterocycles. The van der Waals surface area contributed by atoms with Gasteiger partial charge in [0.1, 0.15) is 5.75 Å². The molecule has 102 valence electrons. The van der Waals surface area contributed by atoms with E-state index >= 15 is 0 Å². The monoisotopic (exact) mass is 261 g/mol. The Morgan fingerprint density at radius 2 is 2.21 bits per heavy atom. The van der Waals surface area contributed by atoms with Crippen LogP contribution in [0.15, 0.2) is 18.2 Å². The summed E-state index contributed by atoms with van der Waals surface area (Å²) in [5.41, 5.74) is 3.71. The SMILES string of the molecule is Cc1ccc(C#N)cc1OCCCCCC(=O)NN. The second-order valence-corrected chi connectivity index (χ2v) is 4.32. The first-order valence-electron chi connectivity index (χ1n) is 6.30. The molecule has 0 saturated carbocycles. The van der Waals surface area contributed by atoms with Crippen molar-refractivity contribution in [2.75, 3.05) is 6.61 Å². The van der Waals surface area contributed by atoms with Crippen LogP contribution in [0.2, 0.25) is 0 Å². The van der Waals surface area contributed by atoms with Gasteiger partial charge in [-0.1, -0.05) is 6.07 Å². The molecular weight excluding hydrogens is 242 g/mol. The van der Waals surface area contributed by atoms with E-state index in [-0.39, 0.29) is 5.91 Å². The number of carbonyl (C=O) groups is 1. The highest BCUT2D eigenvalue weighted by atomic mass is 16.5. The molecule has 0 aliphatic rings. The summed E-state index contributed by atoms with van der Waals surface area (Å²) in [6, 6.07) is 7.48. The molecule has 0 fully saturated rings. The van der Waals surface area contributed by atoms with Gasteiger partial charge in [-0.15, -0.1) is 0 Å². The molecule has 3 N–H and O–H groups in total. The highest BCUT2D eigenvalue weighted by Crippen LogP contribution is 2.19. The first-order valence-corrected chi connectivity index (χ1v) is 6.30. The second-order valence-electron chi connectivity index (χ2n) is 4.32. The maximum absolute atomic E-state index is 10.9. The van der Waals surface area contributed by atoms with Gasteiger partial charge >= 0.3 is 0 Å². The number of aryl methyl sites for hydroxylation is 1. The Labute approximate surface area is 113 Å². The van der Waals surface area contributed by atoms with Crippen molar-refractivity contribution in [2.24, 2.45) is 5.84 Å². The fourth-order valence-electron chi connectivity index (χ4n) is 1.64. The van der Waals surface area contributed by atoms with Crippen molar-refractivity contribution in [1.82, 2.24) is 5.43 Å². The van der Waals surface area contributed by atoms with Crippen LogP contribution in [0.3, 0.4) is 0 Å². The summed E-state index contributed by atoms with van der Waals surface area (Å²) in [6.07, 6.45) is 3.02. The number of nitrogens with two attached hydrogens (primary N) is 1. The number of benzene rings is 1. The third kappa shape index (κ3) is 5.40. The van der Waals surface area contributed by atoms with Gasteiger partial charge in [0.05, 0.1) is 18.2 Å². The van der Waals surface area contributed by atoms with Crippen LogP contribution >= 0.6 is 0 Å². The minimum atomic E-state index is -0.140. The number of hydrazine groups is 1. The van der Waals surface area contributed by atoms with Crippen molar-refractivity contribution in [3.8, 4) is 11.8 Å². The molecule has 0 aliphatic carbocycles. The fraction of sp³-hybridized carbons (Fsp3) is 0.429. The molecule has 0 radical (unpaired) electrons. The van der Waals surface area contributed by atoms with Gasteiger partial charge in [0.15, 0.2) is 0 Å². The lowest BCUT2D eigenvalue weighted by Gasteiger charge is -2.09. The standard InChI is InChI=1S/C14H19N3O2/c1-11-6-7-12(10-15)9-13(11)19-8-4-2-3-5-14(18)17-16/h6-7,9H,2-5,8,16H2,1H3,(H,17,18). The summed E-state index contributed by atoms with van der Waals surface area (Å²) in [7, 11) is 0. The second kappa shape index (κ2) is 8.11. The van der Waals surface area contributed by atoms with Crippen molar-refractivity contribution >= 4 is 5.91 Å². The van der Waals surface area contributed by atoms with Gasteiger partial charge in [0.25, 0.3) is 0 Å². The van der Waals surface area contributed by atoms with E-state index in [2.05, 4.69) is 11.5 Å². The fourth-order valence-corrected chi connectivity index (χ4v) is 1.64. The van der Waals surface area contributed by atoms with E-state index in [0.717, 1.165) is 30.6 Å². The number of hydrogen-bond donors (Lipinski definition) is 2. The Balaban J connectivity index is 2.26. The van der Waals surface area contributed by atoms with E-state index in [1.807, 2.05) is 13.0 Å². The quantitative estimate of drug-likeness (QED) is 0.339. The van der Waals surface area contributed by atoms with Gasteiger partial charge in [0.2, 0.25) is 5.91 Å². The van der Waals surface area contributed by atoms with Crippen LogP contribution in [0.5, 0.6) is 5.75 Å². The van der Waals surface area contributed by atoms with E-state index in [1.54, 1.807) is 12.1 Å². The van der Waals surface area contributed by atoms with E-state index in [4.69, 9.17) is 15.8 Å². The number of ether oxygens (including phenoxy) is 1. The van der Waals surface area contributed by atoms with Crippen LogP contribution in [0.25, 0.3) is 0 Å². The highest BCUT2D eigenvalue weighted by Gasteiger charge is 2.02. The summed E-state index contributed by atoms with van der Waals surface area (Å²) in [5, 5.41) is 8.82. The van der Waals surface area contributed by atoms with E-state index in [0.29, 0.717) is 18.6 Å². The van der Waals surface area contributed by atoms with Crippen LogP contribution in [0.1, 0.15) is 36.8 Å². The predicted octanol–water partition coefficient (Wildman–Crippen LogP) is 1.80. The number of carbonyl (C=O) groups excluding carboxylic acids is 1. The first-order chi connectivity index (χ1) is 9.17. The molecule has 0 spiro atoms. The van der Waals surface area contributed by atoms with Crippen molar-refractivity contribution in [2.45, 2.75) is 32.6 Å². The molecule has 0 saturated heterocycles. The predicted molar refractivity (Wildman–Crippen MR) is 72.2 cm³/mol. The number of nitrogens with one attached hydrogen (secondary N) is 1. The van der Waals surface area contributed by atoms with E-state index in [9.17, 15) is 4.79 Å². The lowest BCUT2D eigenvalue weighted by Crippen LogP contribution is -2.29. The molecule has 0 bridgehead atoms. The topological polar surface area (TPSA) is 88.1 Å². The summed E-state index contributed by atoms with van der Waals surface area (Å²) in [5.74, 6) is 5.59. The Hall–Kier alpha value is -2.06. The zero-order valence-corrected chi connectivity index (χ0v) is 11.1. The first kappa shape index (κ1) is 15.0. The smallest absolute Gasteiger partial charge is 0.233 e. The normalized spacial score (nSPS) is 9.74. The van der Waals surface area contributed by atoms with E-state index < -0.39 is 0 Å². The summed E-state index contributed by atoms with van der Waals surface area (Å²) < 4.78 is 5.64. The van der Waals surface area contributed by atoms with Gasteiger partial charge in [-0.25, -0.2) is 5.84 Å². The molecule has 0 atom stereocenters. The Bertz CT molecular complexity index is 466. The summed E-state index contributed by atoms with van der Waals surface area (Å²) >= 11 is 0. The maximum Gasteiger partial charge on any atom is 0.233 e. The Morgan fingerprint density at radius 3 is 2.89 bits per heavy atom. The number of unbranched alkanes of at least 4 members (excludes halogenated alkanes) is 2. The maximum atomic E-state index is 10.9. The molecule has 19 heavy (non-hydrogen) atoms. The number of nitrogens with zero attached hydrogens (tertiary/aromatic N) is 1. The van der Waals surface area contributed by atoms with Gasteiger partial charge < -0.3 is 4.74 Å². The molecular formula is C14H19N3O2. The van der Waals surface area contributed by atoms with Gasteiger partial charge in [-0.05, 0) is 43.9 Å². The van der Waals surface area contributed by atoms with Crippen LogP contribution in [-0.4, -0.2) is 12.5 Å². The minimum absolute atomic E-state index is 0.140. The molecule has 0 unspecified atom stereocenters. The molecule has 1 amide bonds. The number of rotatable bonds is 7. The Kier molecular flexibility index (Phi) is 6.41. The van der Waals surface area contributed by atoms with Crippen molar-refractivity contribution in [1.29, 1.82) is 5.26 Å². The molecule has 1 rings (SSSR count). The zero-order valence-electron chi connectivity index (χ0n) is 11.1. The van der Waals surface area contributed by atoms with Crippen LogP contribution in [0.4, 0.5) is 0 Å². The van der Waals surface area contributed by atoms with Crippen molar-refractivity contribution in [3.63, 3.8) is 0 Å². The van der Waals surface area contributed by atoms with Crippen molar-refractivity contribution < 1.29 is 9.53 Å². The molecule has 1 aromatic rings. The molecule has 0 heterocycles. The largest absolute Gasteiger partial charge is 0.493 e. The van der Waals surface area contributed by atoms with Gasteiger partial charge in [-0.2, -0.15) is 5.26 Å². The van der Waals surface area contributed by atoms with Crippen LogP contribution in [0, 0.1) is 18.3 Å². The average molecular weight is 261 g/mol. The van der Waals surface area contributed by atoms with Gasteiger partial charge in [-0.3, -0.25) is 10.2 Å². The zero-order chi connectivity index (χ0) is 14.1. The summed E-state index contributed by atoms with van der Waals surface area (Å²) in [4.78, 5) is 10.9. The lowest BCUT2D eigenvalue weighted by molar-refractivity contribution is -0.121. The number of hydrogen-bond acceptors (Lipinski definition) is 4. The average Bonchev–Trinajstić information content (AvgIpc) is 2.44. The van der Waals surface area contributed by atoms with Crippen LogP contribution < -0.4 is 16.0 Å². The third-order valence-electron chi connectivity index (χ3n) is 2.78. The lowest BCUT2D eigenvalue weighted by atomic mass is 10.1. The van der Waals surface area contributed by atoms with E-state index in [1.165, 1.54) is 0 Å². The number of nitriles is 1. The van der Waals surface area contributed by atoms with Crippen molar-refractivity contribution in [3.05, 3.63) is 29.3 Å². The third-order valence-corrected chi connectivity index (χ3v) is 2.78. The van der Waals surface area contributed by atoms with Crippen LogP contribution in [-0.2, 0) is 4.79 Å². The Morgan fingerprint density at radius 1 is 1.42 bits per heavy atom. The highest BCUT2D eigenvalue weighted by molar-refractivity contribution is 5.75. The molecule has 5 nitrogen and oxygen atoms in total. The molecule has 0 aromatic heterocycles. The summed E-state index contributed by atoms with van der Waals surface area (Å²) in [6.45, 7) is 2.53.